The molecule has 0 bridgehead atoms. The first-order chi connectivity index (χ1) is 14.9. The highest BCUT2D eigenvalue weighted by Gasteiger charge is 2.31. The highest BCUT2D eigenvalue weighted by Crippen LogP contribution is 2.37. The van der Waals surface area contributed by atoms with Crippen LogP contribution in [0.2, 0.25) is 0 Å². The quantitative estimate of drug-likeness (QED) is 0.417. The molecule has 0 radical (unpaired) electrons. The Bertz CT molecular complexity index is 1230. The van der Waals surface area contributed by atoms with E-state index in [1.165, 1.54) is 12.1 Å². The molecule has 2 atom stereocenters. The molecule has 0 amide bonds. The summed E-state index contributed by atoms with van der Waals surface area (Å²) < 4.78 is 40.5. The van der Waals surface area contributed by atoms with Gasteiger partial charge in [0, 0.05) is 17.5 Å². The summed E-state index contributed by atoms with van der Waals surface area (Å²) in [6, 6.07) is 15.9. The first kappa shape index (κ1) is 19.8. The number of anilines is 1. The fourth-order valence-corrected chi connectivity index (χ4v) is 4.65. The van der Waals surface area contributed by atoms with Gasteiger partial charge in [-0.05, 0) is 61.9 Å². The van der Waals surface area contributed by atoms with Crippen molar-refractivity contribution in [3.63, 3.8) is 0 Å². The predicted octanol–water partition coefficient (Wildman–Crippen LogP) is 6.35. The summed E-state index contributed by atoms with van der Waals surface area (Å²) in [5, 5.41) is 9.19. The fraction of sp³-hybridized carbons (Fsp3) is 0.333. The van der Waals surface area contributed by atoms with Crippen molar-refractivity contribution in [2.75, 3.05) is 5.32 Å². The second-order valence-electron chi connectivity index (χ2n) is 8.36. The average molecular weight is 424 g/mol. The number of rotatable bonds is 3. The summed E-state index contributed by atoms with van der Waals surface area (Å²) in [6.07, 6.45) is -0.415. The summed E-state index contributed by atoms with van der Waals surface area (Å²) in [5.41, 5.74) is 3.09. The number of nitrogens with one attached hydrogen (secondary N) is 1. The molecule has 2 aromatic heterocycles. The van der Waals surface area contributed by atoms with Gasteiger partial charge < -0.3 is 5.32 Å². The summed E-state index contributed by atoms with van der Waals surface area (Å²) in [6.45, 7) is 1.95. The second-order valence-corrected chi connectivity index (χ2v) is 8.36. The second kappa shape index (κ2) is 7.55. The molecule has 0 unspecified atom stereocenters. The van der Waals surface area contributed by atoms with E-state index in [1.807, 2.05) is 41.8 Å². The van der Waals surface area contributed by atoms with Crippen LogP contribution in [0.3, 0.4) is 0 Å². The van der Waals surface area contributed by atoms with Crippen molar-refractivity contribution in [3.05, 3.63) is 71.4 Å². The minimum Gasteiger partial charge on any atom is -0.367 e. The first-order valence-electron chi connectivity index (χ1n) is 10.6. The van der Waals surface area contributed by atoms with E-state index in [2.05, 4.69) is 10.4 Å². The average Bonchev–Trinajstić information content (AvgIpc) is 3.14. The number of alkyl halides is 3. The van der Waals surface area contributed by atoms with Gasteiger partial charge in [0.25, 0.3) is 0 Å². The van der Waals surface area contributed by atoms with Crippen molar-refractivity contribution in [1.29, 1.82) is 0 Å². The van der Waals surface area contributed by atoms with Gasteiger partial charge in [0.1, 0.15) is 5.82 Å². The van der Waals surface area contributed by atoms with Crippen LogP contribution in [-0.2, 0) is 6.18 Å². The number of benzene rings is 2. The van der Waals surface area contributed by atoms with E-state index in [0.29, 0.717) is 0 Å². The fourth-order valence-electron chi connectivity index (χ4n) is 4.65. The molecule has 0 saturated heterocycles. The maximum atomic E-state index is 12.9. The lowest BCUT2D eigenvalue weighted by molar-refractivity contribution is -0.137. The summed E-state index contributed by atoms with van der Waals surface area (Å²) in [7, 11) is 0. The maximum Gasteiger partial charge on any atom is 0.416 e. The van der Waals surface area contributed by atoms with Crippen LogP contribution in [0.25, 0.3) is 16.6 Å². The molecule has 2 heterocycles. The van der Waals surface area contributed by atoms with Crippen molar-refractivity contribution in [2.45, 2.75) is 50.7 Å². The number of nitrogens with zero attached hydrogens (tertiary/aromatic N) is 3. The maximum absolute atomic E-state index is 12.9. The van der Waals surface area contributed by atoms with Crippen molar-refractivity contribution in [2.24, 2.45) is 0 Å². The number of fused-ring (bicyclic) bond motifs is 3. The molecule has 4 nitrogen and oxygen atoms in total. The molecule has 0 spiro atoms. The molecule has 1 saturated carbocycles. The standard InChI is InChI=1S/C24H23F3N4/c1-15-13-22-29-23(20-7-2-3-8-21(20)31(22)30-15)28-19-6-4-5-17(14-19)16-9-11-18(12-10-16)24(25,26)27/h2-3,7-13,17,19H,4-6,14H2,1H3,(H,28,29)/t17-,19+/m1/s1. The predicted molar refractivity (Wildman–Crippen MR) is 115 cm³/mol. The van der Waals surface area contributed by atoms with Crippen LogP contribution in [0.15, 0.2) is 54.6 Å². The van der Waals surface area contributed by atoms with Crippen LogP contribution in [0.1, 0.15) is 48.4 Å². The molecule has 1 N–H and O–H groups in total. The molecule has 1 fully saturated rings. The Morgan fingerprint density at radius 1 is 1.03 bits per heavy atom. The molecule has 2 aromatic carbocycles. The van der Waals surface area contributed by atoms with Crippen molar-refractivity contribution >= 4 is 22.4 Å². The van der Waals surface area contributed by atoms with Crippen LogP contribution in [-0.4, -0.2) is 20.6 Å². The Balaban J connectivity index is 1.41. The number of halogens is 3. The zero-order valence-corrected chi connectivity index (χ0v) is 17.2. The Morgan fingerprint density at radius 2 is 1.81 bits per heavy atom. The van der Waals surface area contributed by atoms with Crippen LogP contribution < -0.4 is 5.32 Å². The Labute approximate surface area is 178 Å². The zero-order valence-electron chi connectivity index (χ0n) is 17.2. The molecular weight excluding hydrogens is 401 g/mol. The number of hydrogen-bond acceptors (Lipinski definition) is 3. The van der Waals surface area contributed by atoms with Gasteiger partial charge in [-0.3, -0.25) is 0 Å². The van der Waals surface area contributed by atoms with Gasteiger partial charge in [-0.15, -0.1) is 0 Å². The molecule has 7 heteroatoms. The van der Waals surface area contributed by atoms with E-state index in [0.717, 1.165) is 59.3 Å². The highest BCUT2D eigenvalue weighted by molar-refractivity contribution is 5.91. The SMILES string of the molecule is Cc1cc2nc(N[C@H]3CCC[C@@H](c4ccc(C(F)(F)F)cc4)C3)c3ccccc3n2n1. The van der Waals surface area contributed by atoms with E-state index in [1.54, 1.807) is 12.1 Å². The Kier molecular flexibility index (Phi) is 4.84. The number of hydrogen-bond donors (Lipinski definition) is 1. The normalized spacial score (nSPS) is 19.7. The largest absolute Gasteiger partial charge is 0.416 e. The minimum absolute atomic E-state index is 0.211. The Hall–Kier alpha value is -3.09. The molecule has 160 valence electrons. The third kappa shape index (κ3) is 3.84. The van der Waals surface area contributed by atoms with Gasteiger partial charge in [-0.25, -0.2) is 9.50 Å². The summed E-state index contributed by atoms with van der Waals surface area (Å²) in [5.74, 6) is 1.07. The van der Waals surface area contributed by atoms with E-state index in [4.69, 9.17) is 4.98 Å². The lowest BCUT2D eigenvalue weighted by Crippen LogP contribution is -2.27. The van der Waals surface area contributed by atoms with Crippen LogP contribution in [0, 0.1) is 6.92 Å². The minimum atomic E-state index is -4.30. The van der Waals surface area contributed by atoms with Gasteiger partial charge in [0.15, 0.2) is 5.65 Å². The molecule has 1 aliphatic rings. The van der Waals surface area contributed by atoms with Gasteiger partial charge in [-0.1, -0.05) is 30.7 Å². The van der Waals surface area contributed by atoms with E-state index in [-0.39, 0.29) is 12.0 Å². The van der Waals surface area contributed by atoms with E-state index in [9.17, 15) is 13.2 Å². The molecule has 0 aliphatic heterocycles. The summed E-state index contributed by atoms with van der Waals surface area (Å²) >= 11 is 0. The van der Waals surface area contributed by atoms with Crippen LogP contribution >= 0.6 is 0 Å². The topological polar surface area (TPSA) is 42.2 Å². The first-order valence-corrected chi connectivity index (χ1v) is 10.6. The highest BCUT2D eigenvalue weighted by atomic mass is 19.4. The number of aryl methyl sites for hydroxylation is 1. The lowest BCUT2D eigenvalue weighted by Gasteiger charge is -2.31. The van der Waals surface area contributed by atoms with Gasteiger partial charge in [0.2, 0.25) is 0 Å². The number of para-hydroxylation sites is 1. The summed E-state index contributed by atoms with van der Waals surface area (Å²) in [4.78, 5) is 4.82. The van der Waals surface area contributed by atoms with Gasteiger partial charge >= 0.3 is 6.18 Å². The third-order valence-electron chi connectivity index (χ3n) is 6.15. The molecule has 1 aliphatic carbocycles. The monoisotopic (exact) mass is 424 g/mol. The zero-order chi connectivity index (χ0) is 21.6. The molecular formula is C24H23F3N4. The smallest absolute Gasteiger partial charge is 0.367 e. The van der Waals surface area contributed by atoms with Crippen LogP contribution in [0.5, 0.6) is 0 Å². The molecule has 4 aromatic rings. The van der Waals surface area contributed by atoms with Crippen LogP contribution in [0.4, 0.5) is 19.0 Å². The van der Waals surface area contributed by atoms with Gasteiger partial charge in [-0.2, -0.15) is 18.3 Å². The van der Waals surface area contributed by atoms with E-state index < -0.39 is 11.7 Å². The van der Waals surface area contributed by atoms with Crippen molar-refractivity contribution in [3.8, 4) is 0 Å². The van der Waals surface area contributed by atoms with Crippen molar-refractivity contribution in [1.82, 2.24) is 14.6 Å². The van der Waals surface area contributed by atoms with Crippen molar-refractivity contribution < 1.29 is 13.2 Å². The van der Waals surface area contributed by atoms with Gasteiger partial charge in [0.05, 0.1) is 16.8 Å². The Morgan fingerprint density at radius 3 is 2.58 bits per heavy atom. The molecule has 31 heavy (non-hydrogen) atoms. The number of aromatic nitrogens is 3. The molecule has 5 rings (SSSR count). The lowest BCUT2D eigenvalue weighted by atomic mass is 9.81. The third-order valence-corrected chi connectivity index (χ3v) is 6.15. The van der Waals surface area contributed by atoms with E-state index >= 15 is 0 Å².